The van der Waals surface area contributed by atoms with Gasteiger partial charge in [0.25, 0.3) is 5.91 Å². The second-order valence-corrected chi connectivity index (χ2v) is 5.40. The second kappa shape index (κ2) is 9.27. The van der Waals surface area contributed by atoms with Crippen molar-refractivity contribution in [2.75, 3.05) is 21.3 Å². The maximum Gasteiger partial charge on any atom is 0.251 e. The van der Waals surface area contributed by atoms with Gasteiger partial charge < -0.3 is 20.1 Å². The molecule has 0 radical (unpaired) electrons. The number of nitrogens with one attached hydrogen (secondary N) is 2. The number of rotatable bonds is 7. The molecule has 0 atom stereocenters. The topological polar surface area (TPSA) is 76.7 Å². The largest absolute Gasteiger partial charge is 0.493 e. The molecule has 2 aromatic rings. The molecule has 0 bridgehead atoms. The lowest BCUT2D eigenvalue weighted by Crippen LogP contribution is -2.20. The predicted molar refractivity (Wildman–Crippen MR) is 100 cm³/mol. The quantitative estimate of drug-likeness (QED) is 0.749. The molecule has 0 unspecified atom stereocenters. The summed E-state index contributed by atoms with van der Waals surface area (Å²) in [5.41, 5.74) is 2.22. The first kappa shape index (κ1) is 19.1. The van der Waals surface area contributed by atoms with Crippen LogP contribution in [0.3, 0.4) is 0 Å². The Morgan fingerprint density at radius 1 is 1.04 bits per heavy atom. The number of methoxy groups -OCH3 is 2. The van der Waals surface area contributed by atoms with E-state index in [1.165, 1.54) is 6.08 Å². The van der Waals surface area contributed by atoms with Crippen LogP contribution in [-0.4, -0.2) is 33.1 Å². The molecule has 2 amide bonds. The van der Waals surface area contributed by atoms with Crippen molar-refractivity contribution in [1.29, 1.82) is 0 Å². The molecule has 6 heteroatoms. The SMILES string of the molecule is CNC(=O)c1ccc(/C=C/C(=O)NCc2cccc(OC)c2OC)cc1. The summed E-state index contributed by atoms with van der Waals surface area (Å²) in [6, 6.07) is 12.5. The van der Waals surface area contributed by atoms with Crippen LogP contribution in [0, 0.1) is 0 Å². The number of amides is 2. The van der Waals surface area contributed by atoms with Gasteiger partial charge in [-0.15, -0.1) is 0 Å². The van der Waals surface area contributed by atoms with Crippen LogP contribution in [0.4, 0.5) is 0 Å². The fourth-order valence-corrected chi connectivity index (χ4v) is 2.40. The highest BCUT2D eigenvalue weighted by atomic mass is 16.5. The molecule has 2 aromatic carbocycles. The van der Waals surface area contributed by atoms with E-state index in [9.17, 15) is 9.59 Å². The molecule has 6 nitrogen and oxygen atoms in total. The minimum Gasteiger partial charge on any atom is -0.493 e. The van der Waals surface area contributed by atoms with E-state index < -0.39 is 0 Å². The van der Waals surface area contributed by atoms with Crippen molar-refractivity contribution in [3.63, 3.8) is 0 Å². The molecule has 26 heavy (non-hydrogen) atoms. The standard InChI is InChI=1S/C20H22N2O4/c1-21-20(24)15-10-7-14(8-11-15)9-12-18(23)22-13-16-5-4-6-17(25-2)19(16)26-3/h4-12H,13H2,1-3H3,(H,21,24)(H,22,23)/b12-9+. The van der Waals surface area contributed by atoms with Crippen LogP contribution in [0.15, 0.2) is 48.5 Å². The summed E-state index contributed by atoms with van der Waals surface area (Å²) >= 11 is 0. The van der Waals surface area contributed by atoms with Crippen LogP contribution in [0.5, 0.6) is 11.5 Å². The van der Waals surface area contributed by atoms with E-state index in [4.69, 9.17) is 9.47 Å². The van der Waals surface area contributed by atoms with Gasteiger partial charge in [0.05, 0.1) is 14.2 Å². The van der Waals surface area contributed by atoms with Gasteiger partial charge in [-0.3, -0.25) is 9.59 Å². The average Bonchev–Trinajstić information content (AvgIpc) is 2.69. The Hall–Kier alpha value is -3.28. The van der Waals surface area contributed by atoms with Gasteiger partial charge in [-0.1, -0.05) is 24.3 Å². The Labute approximate surface area is 152 Å². The molecule has 0 aliphatic carbocycles. The van der Waals surface area contributed by atoms with Gasteiger partial charge in [-0.2, -0.15) is 0 Å². The Bertz CT molecular complexity index is 798. The number of carbonyl (C=O) groups is 2. The van der Waals surface area contributed by atoms with Crippen LogP contribution >= 0.6 is 0 Å². The first-order valence-electron chi connectivity index (χ1n) is 8.07. The third-order valence-electron chi connectivity index (χ3n) is 3.76. The van der Waals surface area contributed by atoms with Crippen LogP contribution in [-0.2, 0) is 11.3 Å². The lowest BCUT2D eigenvalue weighted by atomic mass is 10.1. The molecular formula is C20H22N2O4. The maximum absolute atomic E-state index is 12.0. The monoisotopic (exact) mass is 354 g/mol. The van der Waals surface area contributed by atoms with Gasteiger partial charge >= 0.3 is 0 Å². The van der Waals surface area contributed by atoms with E-state index in [0.717, 1.165) is 11.1 Å². The second-order valence-electron chi connectivity index (χ2n) is 5.40. The lowest BCUT2D eigenvalue weighted by Gasteiger charge is -2.12. The summed E-state index contributed by atoms with van der Waals surface area (Å²) in [5, 5.41) is 5.37. The number of ether oxygens (including phenoxy) is 2. The van der Waals surface area contributed by atoms with Gasteiger partial charge in [-0.05, 0) is 29.8 Å². The average molecular weight is 354 g/mol. The molecule has 0 aliphatic rings. The minimum absolute atomic E-state index is 0.148. The van der Waals surface area contributed by atoms with Gasteiger partial charge in [-0.25, -0.2) is 0 Å². The third-order valence-corrected chi connectivity index (χ3v) is 3.76. The summed E-state index contributed by atoms with van der Waals surface area (Å²) in [6.45, 7) is 0.319. The van der Waals surface area contributed by atoms with Crippen LogP contribution < -0.4 is 20.1 Å². The summed E-state index contributed by atoms with van der Waals surface area (Å²) < 4.78 is 10.6. The van der Waals surface area contributed by atoms with Crippen molar-refractivity contribution < 1.29 is 19.1 Å². The summed E-state index contributed by atoms with van der Waals surface area (Å²) in [7, 11) is 4.71. The number of hydrogen-bond donors (Lipinski definition) is 2. The van der Waals surface area contributed by atoms with Gasteiger partial charge in [0.1, 0.15) is 0 Å². The summed E-state index contributed by atoms with van der Waals surface area (Å²) in [4.78, 5) is 23.5. The van der Waals surface area contributed by atoms with E-state index in [1.807, 2.05) is 12.1 Å². The van der Waals surface area contributed by atoms with E-state index in [0.29, 0.717) is 23.6 Å². The van der Waals surface area contributed by atoms with Crippen molar-refractivity contribution >= 4 is 17.9 Å². The molecule has 0 fully saturated rings. The molecule has 136 valence electrons. The fourth-order valence-electron chi connectivity index (χ4n) is 2.40. The van der Waals surface area contributed by atoms with Crippen LogP contribution in [0.2, 0.25) is 0 Å². The van der Waals surface area contributed by atoms with E-state index in [-0.39, 0.29) is 11.8 Å². The molecular weight excluding hydrogens is 332 g/mol. The van der Waals surface area contributed by atoms with E-state index in [1.54, 1.807) is 57.7 Å². The zero-order valence-electron chi connectivity index (χ0n) is 15.0. The molecule has 0 saturated carbocycles. The number of carbonyl (C=O) groups excluding carboxylic acids is 2. The number of para-hydroxylation sites is 1. The Morgan fingerprint density at radius 3 is 2.38 bits per heavy atom. The normalized spacial score (nSPS) is 10.4. The molecule has 0 aromatic heterocycles. The molecule has 0 aliphatic heterocycles. The van der Waals surface area contributed by atoms with Crippen molar-refractivity contribution in [1.82, 2.24) is 10.6 Å². The first-order chi connectivity index (χ1) is 12.6. The highest BCUT2D eigenvalue weighted by Crippen LogP contribution is 2.30. The number of benzene rings is 2. The highest BCUT2D eigenvalue weighted by Gasteiger charge is 2.09. The molecule has 0 heterocycles. The molecule has 2 N–H and O–H groups in total. The van der Waals surface area contributed by atoms with Gasteiger partial charge in [0.2, 0.25) is 5.91 Å². The van der Waals surface area contributed by atoms with Crippen molar-refractivity contribution in [3.05, 3.63) is 65.2 Å². The Balaban J connectivity index is 1.97. The van der Waals surface area contributed by atoms with Crippen LogP contribution in [0.1, 0.15) is 21.5 Å². The Morgan fingerprint density at radius 2 is 1.77 bits per heavy atom. The zero-order valence-corrected chi connectivity index (χ0v) is 15.0. The minimum atomic E-state index is -0.231. The third kappa shape index (κ3) is 4.86. The van der Waals surface area contributed by atoms with Crippen molar-refractivity contribution in [2.24, 2.45) is 0 Å². The first-order valence-corrected chi connectivity index (χ1v) is 8.07. The highest BCUT2D eigenvalue weighted by molar-refractivity contribution is 5.94. The predicted octanol–water partition coefficient (Wildman–Crippen LogP) is 2.39. The molecule has 2 rings (SSSR count). The fraction of sp³-hybridized carbons (Fsp3) is 0.200. The van der Waals surface area contributed by atoms with Crippen molar-refractivity contribution in [2.45, 2.75) is 6.54 Å². The van der Waals surface area contributed by atoms with Gasteiger partial charge in [0, 0.05) is 30.8 Å². The smallest absolute Gasteiger partial charge is 0.251 e. The Kier molecular flexibility index (Phi) is 6.79. The molecule has 0 saturated heterocycles. The van der Waals surface area contributed by atoms with E-state index in [2.05, 4.69) is 10.6 Å². The number of hydrogen-bond acceptors (Lipinski definition) is 4. The molecule has 0 spiro atoms. The lowest BCUT2D eigenvalue weighted by molar-refractivity contribution is -0.116. The van der Waals surface area contributed by atoms with Gasteiger partial charge in [0.15, 0.2) is 11.5 Å². The summed E-state index contributed by atoms with van der Waals surface area (Å²) in [6.07, 6.45) is 3.13. The van der Waals surface area contributed by atoms with E-state index >= 15 is 0 Å². The summed E-state index contributed by atoms with van der Waals surface area (Å²) in [5.74, 6) is 0.839. The van der Waals surface area contributed by atoms with Crippen LogP contribution in [0.25, 0.3) is 6.08 Å². The maximum atomic E-state index is 12.0. The zero-order chi connectivity index (χ0) is 18.9. The van der Waals surface area contributed by atoms with Crippen molar-refractivity contribution in [3.8, 4) is 11.5 Å².